The number of methoxy groups -OCH3 is 1. The largest absolute Gasteiger partial charge is 0.466 e. The third-order valence-corrected chi connectivity index (χ3v) is 6.37. The van der Waals surface area contributed by atoms with Crippen molar-refractivity contribution in [2.24, 2.45) is 0 Å². The molecule has 1 N–H and O–H groups in total. The molecule has 0 amide bonds. The number of rotatable bonds is 6. The number of carbonyl (C=O) groups is 1. The van der Waals surface area contributed by atoms with Gasteiger partial charge in [0.2, 0.25) is 5.95 Å². The summed E-state index contributed by atoms with van der Waals surface area (Å²) in [5.41, 5.74) is 0.495. The van der Waals surface area contributed by atoms with Gasteiger partial charge in [0.05, 0.1) is 29.9 Å². The van der Waals surface area contributed by atoms with Crippen LogP contribution in [0.2, 0.25) is 0 Å². The van der Waals surface area contributed by atoms with E-state index in [-0.39, 0.29) is 22.9 Å². The van der Waals surface area contributed by atoms with Crippen molar-refractivity contribution in [1.29, 1.82) is 5.26 Å². The maximum Gasteiger partial charge on any atom is 0.416 e. The Morgan fingerprint density at radius 2 is 1.97 bits per heavy atom. The number of nitriles is 1. The number of fused-ring (bicyclic) bond motifs is 1. The highest BCUT2D eigenvalue weighted by atomic mass is 19.4. The van der Waals surface area contributed by atoms with Gasteiger partial charge in [-0.15, -0.1) is 5.10 Å². The minimum atomic E-state index is -4.60. The Morgan fingerprint density at radius 1 is 1.24 bits per heavy atom. The average Bonchev–Trinajstić information content (AvgIpc) is 3.26. The first-order valence-electron chi connectivity index (χ1n) is 11.6. The van der Waals surface area contributed by atoms with Crippen LogP contribution in [-0.4, -0.2) is 53.4 Å². The molecule has 0 saturated carbocycles. The molecule has 1 aliphatic rings. The molecule has 0 saturated heterocycles. The standard InChI is InChI=1S/C26H25F3N6O3/c1-15-21(23(36)38-4)22(20-9-8-16(14-30)12-17(20)10-11-33(2)3)35-24(31-32-25(35)37)34(15)19-7-5-6-18(13-19)26(27,28)29/h5-9,12-13,22H,10-11H2,1-4H3,(H,32,37)/t22-/m1/s1. The number of nitrogens with one attached hydrogen (secondary N) is 1. The number of likely N-dealkylation sites (N-methyl/N-ethyl adjacent to an activating group) is 1. The van der Waals surface area contributed by atoms with Gasteiger partial charge >= 0.3 is 17.8 Å². The zero-order valence-corrected chi connectivity index (χ0v) is 21.1. The summed E-state index contributed by atoms with van der Waals surface area (Å²) in [6, 6.07) is 10.6. The van der Waals surface area contributed by atoms with Crippen molar-refractivity contribution in [2.45, 2.75) is 25.6 Å². The lowest BCUT2D eigenvalue weighted by molar-refractivity contribution is -0.138. The van der Waals surface area contributed by atoms with E-state index in [1.165, 1.54) is 28.7 Å². The van der Waals surface area contributed by atoms with Gasteiger partial charge in [-0.1, -0.05) is 12.1 Å². The predicted octanol–water partition coefficient (Wildman–Crippen LogP) is 3.75. The van der Waals surface area contributed by atoms with E-state index in [2.05, 4.69) is 16.3 Å². The molecule has 0 spiro atoms. The fourth-order valence-corrected chi connectivity index (χ4v) is 4.58. The molecule has 4 rings (SSSR count). The van der Waals surface area contributed by atoms with E-state index in [0.717, 1.165) is 17.7 Å². The molecule has 0 aliphatic carbocycles. The lowest BCUT2D eigenvalue weighted by Crippen LogP contribution is -2.38. The molecule has 38 heavy (non-hydrogen) atoms. The quantitative estimate of drug-likeness (QED) is 0.488. The summed E-state index contributed by atoms with van der Waals surface area (Å²) in [5.74, 6) is -0.751. The van der Waals surface area contributed by atoms with Crippen LogP contribution >= 0.6 is 0 Å². The molecule has 0 fully saturated rings. The van der Waals surface area contributed by atoms with Crippen LogP contribution in [0.5, 0.6) is 0 Å². The molecular formula is C26H25F3N6O3. The Hall–Kier alpha value is -4.37. The first kappa shape index (κ1) is 26.7. The number of hydrogen-bond donors (Lipinski definition) is 1. The second-order valence-electron chi connectivity index (χ2n) is 9.05. The van der Waals surface area contributed by atoms with Crippen molar-refractivity contribution in [2.75, 3.05) is 32.6 Å². The van der Waals surface area contributed by atoms with Gasteiger partial charge in [0.1, 0.15) is 6.04 Å². The lowest BCUT2D eigenvalue weighted by atomic mass is 9.89. The highest BCUT2D eigenvalue weighted by molar-refractivity contribution is 5.93. The highest BCUT2D eigenvalue weighted by Crippen LogP contribution is 2.43. The van der Waals surface area contributed by atoms with Crippen LogP contribution in [0, 0.1) is 11.3 Å². The van der Waals surface area contributed by atoms with E-state index in [0.29, 0.717) is 24.1 Å². The van der Waals surface area contributed by atoms with Gasteiger partial charge in [-0.25, -0.2) is 19.3 Å². The molecule has 2 heterocycles. The smallest absolute Gasteiger partial charge is 0.416 e. The molecule has 198 valence electrons. The predicted molar refractivity (Wildman–Crippen MR) is 133 cm³/mol. The van der Waals surface area contributed by atoms with Crippen LogP contribution in [0.4, 0.5) is 24.8 Å². The summed E-state index contributed by atoms with van der Waals surface area (Å²) >= 11 is 0. The van der Waals surface area contributed by atoms with E-state index in [1.807, 2.05) is 19.0 Å². The molecule has 3 aromatic rings. The monoisotopic (exact) mass is 526 g/mol. The maximum atomic E-state index is 13.5. The van der Waals surface area contributed by atoms with Crippen LogP contribution in [0.1, 0.15) is 35.2 Å². The van der Waals surface area contributed by atoms with Crippen LogP contribution in [0.15, 0.2) is 58.5 Å². The minimum absolute atomic E-state index is 0.00685. The first-order valence-corrected chi connectivity index (χ1v) is 11.6. The SMILES string of the molecule is COC(=O)C1=C(C)N(c2cccc(C(F)(F)F)c2)c2n[nH]c(=O)n2[C@@H]1c1ccc(C#N)cc1CCN(C)C. The molecule has 0 bridgehead atoms. The van der Waals surface area contributed by atoms with Gasteiger partial charge in [-0.3, -0.25) is 4.90 Å². The van der Waals surface area contributed by atoms with Crippen LogP contribution in [-0.2, 0) is 22.1 Å². The normalized spacial score (nSPS) is 15.4. The summed E-state index contributed by atoms with van der Waals surface area (Å²) in [6.45, 7) is 2.18. The molecular weight excluding hydrogens is 501 g/mol. The fourth-order valence-electron chi connectivity index (χ4n) is 4.58. The van der Waals surface area contributed by atoms with Gasteiger partial charge in [0.15, 0.2) is 0 Å². The number of nitrogens with zero attached hydrogens (tertiary/aromatic N) is 5. The summed E-state index contributed by atoms with van der Waals surface area (Å²) in [4.78, 5) is 29.6. The van der Waals surface area contributed by atoms with Gasteiger partial charge in [-0.05, 0) is 68.9 Å². The van der Waals surface area contributed by atoms with Crippen molar-refractivity contribution in [1.82, 2.24) is 19.7 Å². The van der Waals surface area contributed by atoms with E-state index in [4.69, 9.17) is 4.74 Å². The van der Waals surface area contributed by atoms with E-state index >= 15 is 0 Å². The topological polar surface area (TPSA) is 107 Å². The van der Waals surface area contributed by atoms with Gasteiger partial charge in [-0.2, -0.15) is 18.4 Å². The van der Waals surface area contributed by atoms with Gasteiger partial charge in [0.25, 0.3) is 0 Å². The Morgan fingerprint density at radius 3 is 2.61 bits per heavy atom. The molecule has 1 aromatic heterocycles. The zero-order valence-electron chi connectivity index (χ0n) is 21.1. The van der Waals surface area contributed by atoms with Crippen molar-refractivity contribution < 1.29 is 22.7 Å². The van der Waals surface area contributed by atoms with Crippen molar-refractivity contribution in [3.63, 3.8) is 0 Å². The summed E-state index contributed by atoms with van der Waals surface area (Å²) < 4.78 is 46.8. The van der Waals surface area contributed by atoms with Crippen LogP contribution in [0.25, 0.3) is 0 Å². The minimum Gasteiger partial charge on any atom is -0.466 e. The Balaban J connectivity index is 2.00. The van der Waals surface area contributed by atoms with Crippen molar-refractivity contribution >= 4 is 17.6 Å². The van der Waals surface area contributed by atoms with E-state index in [9.17, 15) is 28.0 Å². The van der Waals surface area contributed by atoms with Crippen LogP contribution < -0.4 is 10.6 Å². The molecule has 1 atom stereocenters. The molecule has 12 heteroatoms. The van der Waals surface area contributed by atoms with Gasteiger partial charge < -0.3 is 9.64 Å². The third-order valence-electron chi connectivity index (χ3n) is 6.37. The maximum absolute atomic E-state index is 13.5. The molecule has 1 aliphatic heterocycles. The number of halogens is 3. The van der Waals surface area contributed by atoms with Gasteiger partial charge in [0, 0.05) is 17.9 Å². The Kier molecular flexibility index (Phi) is 7.15. The number of aromatic nitrogens is 3. The average molecular weight is 527 g/mol. The second-order valence-corrected chi connectivity index (χ2v) is 9.05. The number of esters is 1. The Bertz CT molecular complexity index is 1510. The number of H-pyrrole nitrogens is 1. The Labute approximate surface area is 216 Å². The molecule has 0 radical (unpaired) electrons. The fraction of sp³-hybridized carbons (Fsp3) is 0.308. The summed E-state index contributed by atoms with van der Waals surface area (Å²) in [6.07, 6.45) is -4.10. The number of anilines is 2. The number of allylic oxidation sites excluding steroid dienone is 1. The molecule has 2 aromatic carbocycles. The van der Waals surface area contributed by atoms with E-state index < -0.39 is 29.4 Å². The number of aromatic amines is 1. The molecule has 9 nitrogen and oxygen atoms in total. The number of carbonyl (C=O) groups excluding carboxylic acids is 1. The number of benzene rings is 2. The highest BCUT2D eigenvalue weighted by Gasteiger charge is 2.41. The van der Waals surface area contributed by atoms with Crippen molar-refractivity contribution in [3.05, 3.63) is 86.5 Å². The van der Waals surface area contributed by atoms with Crippen LogP contribution in [0.3, 0.4) is 0 Å². The number of ether oxygens (including phenoxy) is 1. The second kappa shape index (κ2) is 10.2. The molecule has 0 unspecified atom stereocenters. The number of alkyl halides is 3. The third kappa shape index (κ3) is 4.80. The van der Waals surface area contributed by atoms with Crippen molar-refractivity contribution in [3.8, 4) is 6.07 Å². The summed E-state index contributed by atoms with van der Waals surface area (Å²) in [5, 5.41) is 15.9. The first-order chi connectivity index (χ1) is 18.0. The summed E-state index contributed by atoms with van der Waals surface area (Å²) in [7, 11) is 4.97. The lowest BCUT2D eigenvalue weighted by Gasteiger charge is -2.36. The zero-order chi connectivity index (χ0) is 27.8. The van der Waals surface area contributed by atoms with E-state index in [1.54, 1.807) is 25.1 Å². The number of hydrogen-bond acceptors (Lipinski definition) is 7.